The van der Waals surface area contributed by atoms with E-state index in [1.165, 1.54) is 0 Å². The summed E-state index contributed by atoms with van der Waals surface area (Å²) in [6.07, 6.45) is 1.06. The van der Waals surface area contributed by atoms with E-state index < -0.39 is 19.7 Å². The van der Waals surface area contributed by atoms with Gasteiger partial charge in [-0.15, -0.1) is 0 Å². The fourth-order valence-corrected chi connectivity index (χ4v) is 8.91. The molecule has 0 fully saturated rings. The summed E-state index contributed by atoms with van der Waals surface area (Å²) < 4.78 is 48.2. The zero-order chi connectivity index (χ0) is 38.1. The first-order valence-corrected chi connectivity index (χ1v) is 21.9. The summed E-state index contributed by atoms with van der Waals surface area (Å²) in [5.74, 6) is 1.63. The molecule has 2 aromatic heterocycles. The first kappa shape index (κ1) is 39.3. The van der Waals surface area contributed by atoms with Crippen molar-refractivity contribution < 1.29 is 16.8 Å². The van der Waals surface area contributed by atoms with Crippen LogP contribution in [0, 0.1) is 0 Å². The summed E-state index contributed by atoms with van der Waals surface area (Å²) in [5.41, 5.74) is 6.42. The highest BCUT2D eigenvalue weighted by Gasteiger charge is 2.18. The highest BCUT2D eigenvalue weighted by molar-refractivity contribution is 9.10. The molecule has 2 N–H and O–H groups in total. The molecule has 0 aliphatic carbocycles. The van der Waals surface area contributed by atoms with Gasteiger partial charge in [-0.25, -0.2) is 26.8 Å². The van der Waals surface area contributed by atoms with E-state index in [4.69, 9.17) is 46.4 Å². The summed E-state index contributed by atoms with van der Waals surface area (Å²) in [6.45, 7) is 3.26. The third-order valence-electron chi connectivity index (χ3n) is 8.51. The van der Waals surface area contributed by atoms with Gasteiger partial charge >= 0.3 is 0 Å². The van der Waals surface area contributed by atoms with Crippen LogP contribution in [0.3, 0.4) is 0 Å². The number of hydrogen-bond donors (Lipinski definition) is 2. The molecular weight excluding hydrogens is 862 g/mol. The Morgan fingerprint density at radius 2 is 1.04 bits per heavy atom. The van der Waals surface area contributed by atoms with Gasteiger partial charge in [0.1, 0.15) is 22.7 Å². The summed E-state index contributed by atoms with van der Waals surface area (Å²) in [6, 6.07) is 27.0. The molecule has 2 heterocycles. The summed E-state index contributed by atoms with van der Waals surface area (Å²) in [5, 5.41) is 2.03. The number of halogens is 5. The van der Waals surface area contributed by atoms with E-state index in [2.05, 4.69) is 35.9 Å². The molecule has 0 atom stereocenters. The Bertz CT molecular complexity index is 2670. The lowest BCUT2D eigenvalue weighted by atomic mass is 10.0. The lowest BCUT2D eigenvalue weighted by molar-refractivity contribution is 0.595. The second-order valence-electron chi connectivity index (χ2n) is 12.0. The van der Waals surface area contributed by atoms with Gasteiger partial charge in [-0.2, -0.15) is 0 Å². The maximum Gasteiger partial charge on any atom is 0.178 e. The fraction of sp³-hybridized carbons (Fsp3) is 0.158. The first-order chi connectivity index (χ1) is 25.2. The average molecular weight is 894 g/mol. The normalized spacial score (nSPS) is 11.9. The fourth-order valence-electron chi connectivity index (χ4n) is 5.63. The van der Waals surface area contributed by atoms with Crippen molar-refractivity contribution in [3.05, 3.63) is 138 Å². The minimum absolute atomic E-state index is 0.0823. The monoisotopic (exact) mass is 890 g/mol. The Balaban J connectivity index is 0.000000185. The Hall–Kier alpha value is -3.42. The van der Waals surface area contributed by atoms with Crippen LogP contribution in [-0.2, 0) is 32.5 Å². The minimum Gasteiger partial charge on any atom is -0.342 e. The molecule has 0 spiro atoms. The van der Waals surface area contributed by atoms with Gasteiger partial charge in [0.2, 0.25) is 0 Å². The average Bonchev–Trinajstić information content (AvgIpc) is 3.75. The van der Waals surface area contributed by atoms with Crippen LogP contribution in [0.25, 0.3) is 33.2 Å². The Morgan fingerprint density at radius 3 is 1.49 bits per heavy atom. The van der Waals surface area contributed by atoms with Crippen molar-refractivity contribution >= 4 is 104 Å². The standard InChI is InChI=1S/C22H18Cl2N2O2S.C16H13BrCl2N2O2S/c1-2-29(27,28)16-10-8-14(9-11-16)12-19-25-18-13-17(23)20(21(24)22(18)26-19)15-6-4-3-5-7-15;1-2-24(22,23)10-5-3-9(4-6-10)7-13-20-12-8-11(18)14(17)15(19)16(12)21-13/h3-11,13H,2,12H2,1H3,(H,25,26);3-6,8H,2,7H2,1H3,(H,20,21). The molecule has 0 saturated carbocycles. The van der Waals surface area contributed by atoms with E-state index >= 15 is 0 Å². The summed E-state index contributed by atoms with van der Waals surface area (Å²) in [7, 11) is -6.39. The van der Waals surface area contributed by atoms with E-state index in [1.807, 2.05) is 36.4 Å². The molecule has 7 rings (SSSR count). The van der Waals surface area contributed by atoms with Gasteiger partial charge in [0.25, 0.3) is 0 Å². The second-order valence-corrected chi connectivity index (χ2v) is 18.9. The lowest BCUT2D eigenvalue weighted by Crippen LogP contribution is -2.03. The van der Waals surface area contributed by atoms with Crippen molar-refractivity contribution in [3.8, 4) is 11.1 Å². The SMILES string of the molecule is CCS(=O)(=O)c1ccc(Cc2nc3c(Cl)c(-c4ccccc4)c(Cl)cc3[nH]2)cc1.CCS(=O)(=O)c1ccc(Cc2nc3c(Cl)c(Br)c(Cl)cc3[nH]2)cc1. The number of nitrogens with zero attached hydrogens (tertiary/aromatic N) is 2. The zero-order valence-corrected chi connectivity index (χ0v) is 34.5. The third-order valence-corrected chi connectivity index (χ3v) is 14.6. The Morgan fingerprint density at radius 1 is 0.604 bits per heavy atom. The van der Waals surface area contributed by atoms with Crippen LogP contribution in [0.4, 0.5) is 0 Å². The maximum atomic E-state index is 12.0. The van der Waals surface area contributed by atoms with Gasteiger partial charge in [-0.3, -0.25) is 0 Å². The summed E-state index contributed by atoms with van der Waals surface area (Å²) in [4.78, 5) is 16.3. The third kappa shape index (κ3) is 8.62. The number of fused-ring (bicyclic) bond motifs is 2. The number of aromatic nitrogens is 4. The van der Waals surface area contributed by atoms with E-state index in [1.54, 1.807) is 68.4 Å². The zero-order valence-electron chi connectivity index (χ0n) is 28.2. The van der Waals surface area contributed by atoms with Crippen molar-refractivity contribution in [2.24, 2.45) is 0 Å². The highest BCUT2D eigenvalue weighted by atomic mass is 79.9. The van der Waals surface area contributed by atoms with E-state index in [-0.39, 0.29) is 11.5 Å². The molecule has 274 valence electrons. The van der Waals surface area contributed by atoms with Crippen molar-refractivity contribution in [3.63, 3.8) is 0 Å². The van der Waals surface area contributed by atoms with Gasteiger partial charge in [0, 0.05) is 18.4 Å². The van der Waals surface area contributed by atoms with E-state index in [0.717, 1.165) is 44.9 Å². The quantitative estimate of drug-likeness (QED) is 0.139. The van der Waals surface area contributed by atoms with Gasteiger partial charge in [0.15, 0.2) is 19.7 Å². The van der Waals surface area contributed by atoms with Crippen LogP contribution < -0.4 is 0 Å². The Labute approximate surface area is 335 Å². The molecule has 5 aromatic carbocycles. The minimum atomic E-state index is -3.21. The Kier molecular flexibility index (Phi) is 12.0. The second kappa shape index (κ2) is 16.1. The number of benzene rings is 5. The number of sulfone groups is 2. The molecule has 0 aliphatic rings. The van der Waals surface area contributed by atoms with Crippen LogP contribution in [0.2, 0.25) is 20.1 Å². The predicted molar refractivity (Wildman–Crippen MR) is 219 cm³/mol. The number of H-pyrrole nitrogens is 2. The molecule has 8 nitrogen and oxygen atoms in total. The topological polar surface area (TPSA) is 126 Å². The van der Waals surface area contributed by atoms with Gasteiger partial charge in [-0.05, 0) is 69.0 Å². The smallest absolute Gasteiger partial charge is 0.178 e. The van der Waals surface area contributed by atoms with Crippen LogP contribution >= 0.6 is 62.3 Å². The summed E-state index contributed by atoms with van der Waals surface area (Å²) >= 11 is 28.8. The molecule has 0 radical (unpaired) electrons. The molecule has 53 heavy (non-hydrogen) atoms. The number of imidazole rings is 2. The van der Waals surface area contributed by atoms with Crippen LogP contribution in [0.5, 0.6) is 0 Å². The molecule has 15 heteroatoms. The van der Waals surface area contributed by atoms with Gasteiger partial charge < -0.3 is 9.97 Å². The van der Waals surface area contributed by atoms with Crippen molar-refractivity contribution in [2.45, 2.75) is 36.5 Å². The van der Waals surface area contributed by atoms with E-state index in [0.29, 0.717) is 58.2 Å². The van der Waals surface area contributed by atoms with Crippen molar-refractivity contribution in [1.29, 1.82) is 0 Å². The van der Waals surface area contributed by atoms with Gasteiger partial charge in [-0.1, -0.05) is 115 Å². The predicted octanol–water partition coefficient (Wildman–Crippen LogP) is 10.9. The molecular formula is C38H31BrCl4N4O4S2. The van der Waals surface area contributed by atoms with Crippen molar-refractivity contribution in [2.75, 3.05) is 11.5 Å². The molecule has 0 saturated heterocycles. The molecule has 0 bridgehead atoms. The molecule has 7 aromatic rings. The lowest BCUT2D eigenvalue weighted by Gasteiger charge is -2.07. The largest absolute Gasteiger partial charge is 0.342 e. The van der Waals surface area contributed by atoms with Crippen LogP contribution in [0.1, 0.15) is 36.6 Å². The number of rotatable bonds is 9. The number of nitrogens with one attached hydrogen (secondary N) is 2. The molecule has 0 aliphatic heterocycles. The molecule has 0 unspecified atom stereocenters. The number of hydrogen-bond acceptors (Lipinski definition) is 6. The maximum absolute atomic E-state index is 12.0. The highest BCUT2D eigenvalue weighted by Crippen LogP contribution is 2.40. The van der Waals surface area contributed by atoms with E-state index in [9.17, 15) is 16.8 Å². The van der Waals surface area contributed by atoms with Crippen LogP contribution in [0.15, 0.2) is 105 Å². The van der Waals surface area contributed by atoms with Crippen molar-refractivity contribution in [1.82, 2.24) is 19.9 Å². The van der Waals surface area contributed by atoms with Crippen LogP contribution in [-0.4, -0.2) is 48.3 Å². The van der Waals surface area contributed by atoms with Gasteiger partial charge in [0.05, 0.1) is 56.9 Å². The first-order valence-electron chi connectivity index (χ1n) is 16.3. The molecule has 0 amide bonds. The number of aromatic amines is 2.